The molecule has 5 nitrogen and oxygen atoms in total. The summed E-state index contributed by atoms with van der Waals surface area (Å²) in [6.07, 6.45) is -0.635. The standard InChI is InChI=1S/C21H21NO4/c1-13(2)11-19(20(23)24)22-21(25)26-12-18-16-9-5-3-7-14(16)15-8-4-6-10-17(15)18/h3-10,13,18H,11-12H2,1-2H3,(H,23,24). The summed E-state index contributed by atoms with van der Waals surface area (Å²) in [5.41, 5.74) is 4.31. The second-order valence-corrected chi connectivity index (χ2v) is 6.77. The summed E-state index contributed by atoms with van der Waals surface area (Å²) in [7, 11) is 0. The molecule has 0 radical (unpaired) electrons. The van der Waals surface area contributed by atoms with Crippen LogP contribution in [0.15, 0.2) is 53.5 Å². The maximum absolute atomic E-state index is 12.0. The molecule has 26 heavy (non-hydrogen) atoms. The number of carbonyl (C=O) groups is 2. The molecule has 1 amide bonds. The quantitative estimate of drug-likeness (QED) is 0.804. The molecule has 0 saturated carbocycles. The predicted octanol–water partition coefficient (Wildman–Crippen LogP) is 4.51. The average Bonchev–Trinajstić information content (AvgIpc) is 2.93. The van der Waals surface area contributed by atoms with Gasteiger partial charge in [-0.1, -0.05) is 62.4 Å². The number of carboxylic acid groups (broad SMARTS) is 1. The molecule has 3 rings (SSSR count). The van der Waals surface area contributed by atoms with Gasteiger partial charge in [0.15, 0.2) is 0 Å². The summed E-state index contributed by atoms with van der Waals surface area (Å²) in [4.78, 5) is 26.9. The highest BCUT2D eigenvalue weighted by Crippen LogP contribution is 2.44. The monoisotopic (exact) mass is 351 g/mol. The van der Waals surface area contributed by atoms with Gasteiger partial charge in [-0.05, 0) is 34.6 Å². The zero-order chi connectivity index (χ0) is 18.7. The van der Waals surface area contributed by atoms with Gasteiger partial charge in [-0.3, -0.25) is 0 Å². The summed E-state index contributed by atoms with van der Waals surface area (Å²) in [6.45, 7) is 3.87. The summed E-state index contributed by atoms with van der Waals surface area (Å²) in [5, 5.41) is 9.17. The Hall–Kier alpha value is -2.95. The predicted molar refractivity (Wildman–Crippen MR) is 99.6 cm³/mol. The van der Waals surface area contributed by atoms with Crippen molar-refractivity contribution in [3.63, 3.8) is 0 Å². The van der Waals surface area contributed by atoms with Gasteiger partial charge in [-0.2, -0.15) is 4.99 Å². The Morgan fingerprint density at radius 2 is 1.58 bits per heavy atom. The summed E-state index contributed by atoms with van der Waals surface area (Å²) in [6, 6.07) is 16.1. The molecule has 2 aromatic carbocycles. The summed E-state index contributed by atoms with van der Waals surface area (Å²) >= 11 is 0. The van der Waals surface area contributed by atoms with E-state index in [0.717, 1.165) is 22.3 Å². The molecular weight excluding hydrogens is 330 g/mol. The molecule has 0 saturated heterocycles. The molecule has 1 N–H and O–H groups in total. The van der Waals surface area contributed by atoms with E-state index in [0.29, 0.717) is 0 Å². The number of carbonyl (C=O) groups excluding carboxylic acids is 1. The van der Waals surface area contributed by atoms with Crippen LogP contribution in [0.5, 0.6) is 0 Å². The lowest BCUT2D eigenvalue weighted by molar-refractivity contribution is -0.129. The zero-order valence-corrected chi connectivity index (χ0v) is 14.8. The van der Waals surface area contributed by atoms with Gasteiger partial charge in [-0.15, -0.1) is 0 Å². The van der Waals surface area contributed by atoms with Crippen molar-refractivity contribution < 1.29 is 19.4 Å². The Morgan fingerprint density at radius 3 is 2.08 bits per heavy atom. The molecule has 0 heterocycles. The zero-order valence-electron chi connectivity index (χ0n) is 14.8. The largest absolute Gasteiger partial charge is 0.477 e. The number of hydrogen-bond donors (Lipinski definition) is 1. The van der Waals surface area contributed by atoms with Gasteiger partial charge < -0.3 is 9.84 Å². The van der Waals surface area contributed by atoms with Crippen molar-refractivity contribution in [1.82, 2.24) is 0 Å². The third kappa shape index (κ3) is 3.67. The number of nitrogens with zero attached hydrogens (tertiary/aromatic N) is 1. The first-order valence-electron chi connectivity index (χ1n) is 8.63. The van der Waals surface area contributed by atoms with Crippen LogP contribution in [0.3, 0.4) is 0 Å². The fourth-order valence-electron chi connectivity index (χ4n) is 3.30. The molecule has 0 bridgehead atoms. The Balaban J connectivity index is 1.77. The van der Waals surface area contributed by atoms with Gasteiger partial charge in [0, 0.05) is 5.92 Å². The molecule has 1 aliphatic carbocycles. The maximum Gasteiger partial charge on any atom is 0.434 e. The number of carboxylic acids is 1. The van der Waals surface area contributed by atoms with E-state index in [9.17, 15) is 14.7 Å². The molecule has 0 aromatic heterocycles. The van der Waals surface area contributed by atoms with Crippen molar-refractivity contribution in [3.05, 3.63) is 59.7 Å². The number of aliphatic carboxylic acids is 1. The van der Waals surface area contributed by atoms with Crippen molar-refractivity contribution in [2.45, 2.75) is 26.2 Å². The highest BCUT2D eigenvalue weighted by molar-refractivity contribution is 6.37. The Labute approximate surface area is 152 Å². The summed E-state index contributed by atoms with van der Waals surface area (Å²) < 4.78 is 5.31. The van der Waals surface area contributed by atoms with Crippen LogP contribution < -0.4 is 0 Å². The van der Waals surface area contributed by atoms with E-state index in [4.69, 9.17) is 4.74 Å². The molecule has 2 aromatic rings. The molecule has 134 valence electrons. The van der Waals surface area contributed by atoms with Gasteiger partial charge in [-0.25, -0.2) is 9.59 Å². The number of rotatable bonds is 5. The molecule has 0 unspecified atom stereocenters. The van der Waals surface area contributed by atoms with E-state index in [1.54, 1.807) is 0 Å². The van der Waals surface area contributed by atoms with Crippen LogP contribution in [0.1, 0.15) is 37.3 Å². The normalized spacial score (nSPS) is 13.4. The number of amides is 1. The Morgan fingerprint density at radius 1 is 1.04 bits per heavy atom. The number of benzene rings is 2. The molecule has 0 fully saturated rings. The minimum atomic E-state index is -1.19. The Bertz CT molecular complexity index is 824. The molecule has 0 spiro atoms. The van der Waals surface area contributed by atoms with E-state index in [2.05, 4.69) is 17.1 Å². The van der Waals surface area contributed by atoms with Crippen LogP contribution >= 0.6 is 0 Å². The average molecular weight is 351 g/mol. The summed E-state index contributed by atoms with van der Waals surface area (Å²) in [5.74, 6) is -1.17. The highest BCUT2D eigenvalue weighted by Gasteiger charge is 2.29. The molecule has 1 aliphatic rings. The second-order valence-electron chi connectivity index (χ2n) is 6.77. The minimum Gasteiger partial charge on any atom is -0.477 e. The minimum absolute atomic E-state index is 0.0695. The lowest BCUT2D eigenvalue weighted by atomic mass is 9.98. The topological polar surface area (TPSA) is 76.0 Å². The van der Waals surface area contributed by atoms with E-state index < -0.39 is 12.1 Å². The lowest BCUT2D eigenvalue weighted by Crippen LogP contribution is -2.19. The molecule has 0 atom stereocenters. The second kappa shape index (κ2) is 7.52. The van der Waals surface area contributed by atoms with Crippen molar-refractivity contribution >= 4 is 17.8 Å². The number of ether oxygens (including phenoxy) is 1. The fourth-order valence-corrected chi connectivity index (χ4v) is 3.30. The van der Waals surface area contributed by atoms with Gasteiger partial charge in [0.2, 0.25) is 0 Å². The van der Waals surface area contributed by atoms with Gasteiger partial charge in [0.1, 0.15) is 12.3 Å². The first kappa shape index (κ1) is 17.9. The van der Waals surface area contributed by atoms with E-state index >= 15 is 0 Å². The van der Waals surface area contributed by atoms with Crippen LogP contribution in [0.4, 0.5) is 4.79 Å². The Kier molecular flexibility index (Phi) is 5.16. The van der Waals surface area contributed by atoms with Crippen LogP contribution in [-0.4, -0.2) is 29.5 Å². The van der Waals surface area contributed by atoms with Gasteiger partial charge in [0.05, 0.1) is 0 Å². The number of fused-ring (bicyclic) bond motifs is 3. The SMILES string of the molecule is CC(C)CC(=NC(=O)OCC1c2ccccc2-c2ccccc21)C(=O)O. The lowest BCUT2D eigenvalue weighted by Gasteiger charge is -2.13. The highest BCUT2D eigenvalue weighted by atomic mass is 16.5. The smallest absolute Gasteiger partial charge is 0.434 e. The van der Waals surface area contributed by atoms with Gasteiger partial charge >= 0.3 is 12.1 Å². The molecular formula is C21H21NO4. The number of hydrogen-bond acceptors (Lipinski definition) is 3. The van der Waals surface area contributed by atoms with Crippen molar-refractivity contribution in [1.29, 1.82) is 0 Å². The van der Waals surface area contributed by atoms with E-state index in [1.807, 2.05) is 50.2 Å². The van der Waals surface area contributed by atoms with Crippen molar-refractivity contribution in [3.8, 4) is 11.1 Å². The first-order chi connectivity index (χ1) is 12.5. The van der Waals surface area contributed by atoms with Crippen LogP contribution in [-0.2, 0) is 9.53 Å². The van der Waals surface area contributed by atoms with Crippen LogP contribution in [0, 0.1) is 5.92 Å². The third-order valence-electron chi connectivity index (χ3n) is 4.41. The van der Waals surface area contributed by atoms with E-state index in [-0.39, 0.29) is 30.6 Å². The number of aliphatic imine (C=N–C) groups is 1. The first-order valence-corrected chi connectivity index (χ1v) is 8.63. The molecule has 0 aliphatic heterocycles. The van der Waals surface area contributed by atoms with Crippen LogP contribution in [0.25, 0.3) is 11.1 Å². The van der Waals surface area contributed by atoms with E-state index in [1.165, 1.54) is 0 Å². The third-order valence-corrected chi connectivity index (χ3v) is 4.41. The maximum atomic E-state index is 12.0. The molecule has 5 heteroatoms. The van der Waals surface area contributed by atoms with Crippen molar-refractivity contribution in [2.75, 3.05) is 6.61 Å². The van der Waals surface area contributed by atoms with Gasteiger partial charge in [0.25, 0.3) is 0 Å². The van der Waals surface area contributed by atoms with Crippen LogP contribution in [0.2, 0.25) is 0 Å². The van der Waals surface area contributed by atoms with Crippen molar-refractivity contribution in [2.24, 2.45) is 10.9 Å². The fraction of sp³-hybridized carbons (Fsp3) is 0.286.